The van der Waals surface area contributed by atoms with Crippen LogP contribution in [0.25, 0.3) is 0 Å². The Balaban J connectivity index is 1.75. The average Bonchev–Trinajstić information content (AvgIpc) is 3.00. The molecule has 2 aromatic carbocycles. The van der Waals surface area contributed by atoms with E-state index < -0.39 is 0 Å². The molecule has 1 aromatic heterocycles. The molecule has 1 heterocycles. The zero-order valence-electron chi connectivity index (χ0n) is 13.2. The molecule has 0 aliphatic heterocycles. The van der Waals surface area contributed by atoms with Crippen LogP contribution in [-0.4, -0.2) is 17.3 Å². The molecule has 3 aromatic rings. The van der Waals surface area contributed by atoms with E-state index in [9.17, 15) is 0 Å². The van der Waals surface area contributed by atoms with Gasteiger partial charge in [-0.2, -0.15) is 4.98 Å². The van der Waals surface area contributed by atoms with Crippen LogP contribution in [0.5, 0.6) is 5.75 Å². The number of ether oxygens (including phenoxy) is 1. The number of aryl methyl sites for hydroxylation is 1. The largest absolute Gasteiger partial charge is 0.496 e. The minimum atomic E-state index is 0.498. The zero-order valence-corrected chi connectivity index (χ0v) is 13.2. The van der Waals surface area contributed by atoms with Crippen molar-refractivity contribution in [2.45, 2.75) is 19.9 Å². The normalized spacial score (nSPS) is 10.5. The minimum absolute atomic E-state index is 0.498. The lowest BCUT2D eigenvalue weighted by Gasteiger charge is -2.12. The van der Waals surface area contributed by atoms with E-state index in [1.807, 2.05) is 30.3 Å². The van der Waals surface area contributed by atoms with Gasteiger partial charge in [0.05, 0.1) is 13.7 Å². The highest BCUT2D eigenvalue weighted by Gasteiger charge is 2.07. The van der Waals surface area contributed by atoms with Gasteiger partial charge in [-0.05, 0) is 30.7 Å². The van der Waals surface area contributed by atoms with Gasteiger partial charge in [0.25, 0.3) is 0 Å². The Morgan fingerprint density at radius 2 is 1.96 bits per heavy atom. The van der Waals surface area contributed by atoms with E-state index in [0.717, 1.165) is 23.4 Å². The molecule has 0 bridgehead atoms. The van der Waals surface area contributed by atoms with Gasteiger partial charge in [0.1, 0.15) is 5.75 Å². The van der Waals surface area contributed by atoms with Crippen molar-refractivity contribution < 1.29 is 9.26 Å². The van der Waals surface area contributed by atoms with E-state index in [1.165, 1.54) is 5.56 Å². The van der Waals surface area contributed by atoms with E-state index in [0.29, 0.717) is 18.3 Å². The third-order valence-corrected chi connectivity index (χ3v) is 3.53. The van der Waals surface area contributed by atoms with Crippen LogP contribution in [0.1, 0.15) is 22.8 Å². The predicted molar refractivity (Wildman–Crippen MR) is 88.6 cm³/mol. The maximum atomic E-state index is 5.47. The summed E-state index contributed by atoms with van der Waals surface area (Å²) >= 11 is 0. The van der Waals surface area contributed by atoms with E-state index in [1.54, 1.807) is 14.0 Å². The van der Waals surface area contributed by atoms with E-state index in [2.05, 4.69) is 33.7 Å². The molecule has 0 atom stereocenters. The van der Waals surface area contributed by atoms with Gasteiger partial charge in [-0.1, -0.05) is 35.5 Å². The summed E-state index contributed by atoms with van der Waals surface area (Å²) in [7, 11) is 1.69. The van der Waals surface area contributed by atoms with Crippen LogP contribution in [0.3, 0.4) is 0 Å². The van der Waals surface area contributed by atoms with Crippen molar-refractivity contribution in [2.24, 2.45) is 0 Å². The maximum Gasteiger partial charge on any atom is 0.245 e. The standard InChI is InChI=1S/C18H19N3O2/c1-13-20-18(23-21-13)12-19-16-8-9-17(22-2)15(11-16)10-14-6-4-3-5-7-14/h3-9,11,19H,10,12H2,1-2H3. The molecule has 5 nitrogen and oxygen atoms in total. The third kappa shape index (κ3) is 3.88. The van der Waals surface area contributed by atoms with Crippen molar-refractivity contribution in [1.82, 2.24) is 10.1 Å². The molecule has 0 saturated carbocycles. The van der Waals surface area contributed by atoms with Crippen molar-refractivity contribution in [3.63, 3.8) is 0 Å². The van der Waals surface area contributed by atoms with E-state index in [4.69, 9.17) is 9.26 Å². The van der Waals surface area contributed by atoms with Gasteiger partial charge in [0, 0.05) is 17.7 Å². The molecule has 0 fully saturated rings. The van der Waals surface area contributed by atoms with Gasteiger partial charge in [-0.15, -0.1) is 0 Å². The fourth-order valence-corrected chi connectivity index (χ4v) is 2.43. The Labute approximate surface area is 135 Å². The van der Waals surface area contributed by atoms with Crippen LogP contribution < -0.4 is 10.1 Å². The van der Waals surface area contributed by atoms with E-state index in [-0.39, 0.29) is 0 Å². The summed E-state index contributed by atoms with van der Waals surface area (Å²) in [4.78, 5) is 4.18. The van der Waals surface area contributed by atoms with Gasteiger partial charge < -0.3 is 14.6 Å². The number of nitrogens with one attached hydrogen (secondary N) is 1. The van der Waals surface area contributed by atoms with Gasteiger partial charge >= 0.3 is 0 Å². The highest BCUT2D eigenvalue weighted by Crippen LogP contribution is 2.25. The first-order valence-corrected chi connectivity index (χ1v) is 7.48. The number of hydrogen-bond acceptors (Lipinski definition) is 5. The quantitative estimate of drug-likeness (QED) is 0.754. The Hall–Kier alpha value is -2.82. The lowest BCUT2D eigenvalue weighted by molar-refractivity contribution is 0.379. The highest BCUT2D eigenvalue weighted by molar-refractivity contribution is 5.52. The van der Waals surface area contributed by atoms with Gasteiger partial charge in [0.15, 0.2) is 5.82 Å². The number of aromatic nitrogens is 2. The van der Waals surface area contributed by atoms with Crippen molar-refractivity contribution >= 4 is 5.69 Å². The fraction of sp³-hybridized carbons (Fsp3) is 0.222. The Kier molecular flexibility index (Phi) is 4.57. The van der Waals surface area contributed by atoms with Crippen LogP contribution in [0.15, 0.2) is 53.1 Å². The number of benzene rings is 2. The number of rotatable bonds is 6. The molecule has 0 radical (unpaired) electrons. The number of anilines is 1. The maximum absolute atomic E-state index is 5.47. The van der Waals surface area contributed by atoms with Crippen LogP contribution in [0.4, 0.5) is 5.69 Å². The lowest BCUT2D eigenvalue weighted by atomic mass is 10.0. The van der Waals surface area contributed by atoms with Gasteiger partial charge in [-0.3, -0.25) is 0 Å². The lowest BCUT2D eigenvalue weighted by Crippen LogP contribution is -2.01. The second kappa shape index (κ2) is 6.96. The van der Waals surface area contributed by atoms with Crippen molar-refractivity contribution in [3.05, 3.63) is 71.4 Å². The minimum Gasteiger partial charge on any atom is -0.496 e. The van der Waals surface area contributed by atoms with Crippen LogP contribution in [0.2, 0.25) is 0 Å². The summed E-state index contributed by atoms with van der Waals surface area (Å²) in [6.45, 7) is 2.30. The molecule has 3 rings (SSSR count). The first-order chi connectivity index (χ1) is 11.2. The molecule has 1 N–H and O–H groups in total. The topological polar surface area (TPSA) is 60.2 Å². The summed E-state index contributed by atoms with van der Waals surface area (Å²) in [6, 6.07) is 16.4. The molecule has 5 heteroatoms. The molecule has 0 amide bonds. The summed E-state index contributed by atoms with van der Waals surface area (Å²) in [5.74, 6) is 2.09. The molecule has 23 heavy (non-hydrogen) atoms. The molecule has 0 unspecified atom stereocenters. The second-order valence-corrected chi connectivity index (χ2v) is 5.28. The molecule has 118 valence electrons. The van der Waals surface area contributed by atoms with Crippen LogP contribution >= 0.6 is 0 Å². The molecular formula is C18H19N3O2. The highest BCUT2D eigenvalue weighted by atomic mass is 16.5. The van der Waals surface area contributed by atoms with Crippen molar-refractivity contribution in [1.29, 1.82) is 0 Å². The predicted octanol–water partition coefficient (Wildman–Crippen LogP) is 3.59. The van der Waals surface area contributed by atoms with Crippen molar-refractivity contribution in [2.75, 3.05) is 12.4 Å². The smallest absolute Gasteiger partial charge is 0.245 e. The Bertz CT molecular complexity index is 769. The molecule has 0 aliphatic carbocycles. The first-order valence-electron chi connectivity index (χ1n) is 7.48. The second-order valence-electron chi connectivity index (χ2n) is 5.28. The molecule has 0 spiro atoms. The SMILES string of the molecule is COc1ccc(NCc2nc(C)no2)cc1Cc1ccccc1. The Morgan fingerprint density at radius 1 is 1.13 bits per heavy atom. The summed E-state index contributed by atoms with van der Waals surface area (Å²) in [5.41, 5.74) is 3.37. The number of nitrogens with zero attached hydrogens (tertiary/aromatic N) is 2. The summed E-state index contributed by atoms with van der Waals surface area (Å²) in [5, 5.41) is 7.08. The molecule has 0 saturated heterocycles. The summed E-state index contributed by atoms with van der Waals surface area (Å²) < 4.78 is 10.6. The zero-order chi connectivity index (χ0) is 16.1. The molecule has 0 aliphatic rings. The van der Waals surface area contributed by atoms with Crippen molar-refractivity contribution in [3.8, 4) is 5.75 Å². The number of hydrogen-bond donors (Lipinski definition) is 1. The van der Waals surface area contributed by atoms with Gasteiger partial charge in [-0.25, -0.2) is 0 Å². The fourth-order valence-electron chi connectivity index (χ4n) is 2.43. The molecular weight excluding hydrogens is 290 g/mol. The monoisotopic (exact) mass is 309 g/mol. The first kappa shape index (κ1) is 15.1. The van der Waals surface area contributed by atoms with Crippen LogP contribution in [-0.2, 0) is 13.0 Å². The van der Waals surface area contributed by atoms with Gasteiger partial charge in [0.2, 0.25) is 5.89 Å². The average molecular weight is 309 g/mol. The third-order valence-electron chi connectivity index (χ3n) is 3.53. The summed E-state index contributed by atoms with van der Waals surface area (Å²) in [6.07, 6.45) is 0.819. The number of methoxy groups -OCH3 is 1. The Morgan fingerprint density at radius 3 is 2.65 bits per heavy atom. The van der Waals surface area contributed by atoms with Crippen LogP contribution in [0, 0.1) is 6.92 Å². The van der Waals surface area contributed by atoms with E-state index >= 15 is 0 Å².